The standard InChI is InChI=1S/C13H12O3/c1-3-15-13(14)9(2)10-4-5-12-11(8-10)6-7-16-12/h4-8H,2-3H2,1H3. The topological polar surface area (TPSA) is 39.4 Å². The number of benzene rings is 1. The molecule has 0 aliphatic rings. The van der Waals surface area contributed by atoms with Gasteiger partial charge in [-0.3, -0.25) is 0 Å². The zero-order chi connectivity index (χ0) is 11.5. The predicted octanol–water partition coefficient (Wildman–Crippen LogP) is 3.01. The Hall–Kier alpha value is -2.03. The number of esters is 1. The summed E-state index contributed by atoms with van der Waals surface area (Å²) in [5.74, 6) is -0.384. The van der Waals surface area contributed by atoms with Crippen LogP contribution in [-0.2, 0) is 9.53 Å². The Morgan fingerprint density at radius 1 is 1.44 bits per heavy atom. The zero-order valence-corrected chi connectivity index (χ0v) is 9.03. The van der Waals surface area contributed by atoms with E-state index in [1.807, 2.05) is 18.2 Å². The smallest absolute Gasteiger partial charge is 0.338 e. The van der Waals surface area contributed by atoms with Crippen LogP contribution >= 0.6 is 0 Å². The number of hydrogen-bond donors (Lipinski definition) is 0. The van der Waals surface area contributed by atoms with Crippen LogP contribution in [0.15, 0.2) is 41.5 Å². The van der Waals surface area contributed by atoms with Gasteiger partial charge in [-0.25, -0.2) is 4.79 Å². The minimum Gasteiger partial charge on any atom is -0.464 e. The number of rotatable bonds is 3. The second-order valence-corrected chi connectivity index (χ2v) is 3.37. The highest BCUT2D eigenvalue weighted by molar-refractivity contribution is 6.16. The third-order valence-corrected chi connectivity index (χ3v) is 2.32. The van der Waals surface area contributed by atoms with Crippen LogP contribution in [0.3, 0.4) is 0 Å². The number of fused-ring (bicyclic) bond motifs is 1. The number of carbonyl (C=O) groups excluding carboxylic acids is 1. The molecule has 0 N–H and O–H groups in total. The van der Waals surface area contributed by atoms with Crippen molar-refractivity contribution in [2.45, 2.75) is 6.92 Å². The monoisotopic (exact) mass is 216 g/mol. The molecule has 3 nitrogen and oxygen atoms in total. The Kier molecular flexibility index (Phi) is 2.77. The van der Waals surface area contributed by atoms with Crippen molar-refractivity contribution < 1.29 is 13.9 Å². The first-order valence-corrected chi connectivity index (χ1v) is 5.06. The SMILES string of the molecule is C=C(C(=O)OCC)c1ccc2occc2c1. The van der Waals surface area contributed by atoms with Crippen molar-refractivity contribution in [3.05, 3.63) is 42.7 Å². The fourth-order valence-electron chi connectivity index (χ4n) is 1.49. The van der Waals surface area contributed by atoms with Crippen LogP contribution in [-0.4, -0.2) is 12.6 Å². The molecule has 0 aliphatic heterocycles. The highest BCUT2D eigenvalue weighted by atomic mass is 16.5. The Morgan fingerprint density at radius 3 is 3.00 bits per heavy atom. The molecule has 0 saturated carbocycles. The lowest BCUT2D eigenvalue weighted by Gasteiger charge is -2.04. The highest BCUT2D eigenvalue weighted by Gasteiger charge is 2.11. The van der Waals surface area contributed by atoms with Gasteiger partial charge >= 0.3 is 5.97 Å². The van der Waals surface area contributed by atoms with Gasteiger partial charge in [-0.2, -0.15) is 0 Å². The van der Waals surface area contributed by atoms with Gasteiger partial charge in [-0.1, -0.05) is 12.6 Å². The first kappa shape index (κ1) is 10.5. The average molecular weight is 216 g/mol. The first-order valence-electron chi connectivity index (χ1n) is 5.06. The molecule has 2 aromatic rings. The third kappa shape index (κ3) is 1.84. The molecule has 0 atom stereocenters. The van der Waals surface area contributed by atoms with Gasteiger partial charge in [0.2, 0.25) is 0 Å². The van der Waals surface area contributed by atoms with E-state index in [4.69, 9.17) is 9.15 Å². The van der Waals surface area contributed by atoms with E-state index >= 15 is 0 Å². The molecule has 0 amide bonds. The van der Waals surface area contributed by atoms with E-state index in [0.29, 0.717) is 12.2 Å². The van der Waals surface area contributed by atoms with Crippen molar-refractivity contribution in [3.63, 3.8) is 0 Å². The molecule has 0 spiro atoms. The summed E-state index contributed by atoms with van der Waals surface area (Å²) in [6.45, 7) is 5.85. The maximum atomic E-state index is 11.5. The third-order valence-electron chi connectivity index (χ3n) is 2.32. The summed E-state index contributed by atoms with van der Waals surface area (Å²) in [6.07, 6.45) is 1.61. The largest absolute Gasteiger partial charge is 0.464 e. The number of ether oxygens (including phenoxy) is 1. The fourth-order valence-corrected chi connectivity index (χ4v) is 1.49. The van der Waals surface area contributed by atoms with Gasteiger partial charge < -0.3 is 9.15 Å². The first-order chi connectivity index (χ1) is 7.72. The molecule has 2 rings (SSSR count). The number of hydrogen-bond acceptors (Lipinski definition) is 3. The van der Waals surface area contributed by atoms with Crippen molar-refractivity contribution in [1.82, 2.24) is 0 Å². The molecule has 3 heteroatoms. The van der Waals surface area contributed by atoms with E-state index in [1.54, 1.807) is 19.3 Å². The summed E-state index contributed by atoms with van der Waals surface area (Å²) in [7, 11) is 0. The van der Waals surface area contributed by atoms with Crippen molar-refractivity contribution in [1.29, 1.82) is 0 Å². The van der Waals surface area contributed by atoms with Crippen LogP contribution in [0.25, 0.3) is 16.5 Å². The zero-order valence-electron chi connectivity index (χ0n) is 9.03. The van der Waals surface area contributed by atoms with Crippen molar-refractivity contribution in [3.8, 4) is 0 Å². The molecule has 16 heavy (non-hydrogen) atoms. The second kappa shape index (κ2) is 4.23. The summed E-state index contributed by atoms with van der Waals surface area (Å²) in [5, 5.41) is 0.947. The lowest BCUT2D eigenvalue weighted by molar-refractivity contribution is -0.136. The molecule has 0 fully saturated rings. The highest BCUT2D eigenvalue weighted by Crippen LogP contribution is 2.21. The summed E-state index contributed by atoms with van der Waals surface area (Å²) in [5.41, 5.74) is 1.91. The molecule has 1 heterocycles. The molecule has 0 unspecified atom stereocenters. The average Bonchev–Trinajstić information content (AvgIpc) is 2.75. The van der Waals surface area contributed by atoms with Crippen molar-refractivity contribution in [2.75, 3.05) is 6.61 Å². The molecule has 0 radical (unpaired) electrons. The molecule has 0 bridgehead atoms. The van der Waals surface area contributed by atoms with Gasteiger partial charge in [0.15, 0.2) is 0 Å². The van der Waals surface area contributed by atoms with Gasteiger partial charge in [0.25, 0.3) is 0 Å². The molecular formula is C13H12O3. The lowest BCUT2D eigenvalue weighted by Crippen LogP contribution is -2.05. The van der Waals surface area contributed by atoms with Gasteiger partial charge in [0.1, 0.15) is 5.58 Å². The Labute approximate surface area is 93.3 Å². The van der Waals surface area contributed by atoms with Crippen LogP contribution in [0.5, 0.6) is 0 Å². The maximum absolute atomic E-state index is 11.5. The van der Waals surface area contributed by atoms with Crippen LogP contribution in [0, 0.1) is 0 Å². The van der Waals surface area contributed by atoms with Crippen molar-refractivity contribution >= 4 is 22.5 Å². The quantitative estimate of drug-likeness (QED) is 0.584. The van der Waals surface area contributed by atoms with Crippen LogP contribution in [0.4, 0.5) is 0 Å². The molecular weight excluding hydrogens is 204 g/mol. The fraction of sp³-hybridized carbons (Fsp3) is 0.154. The number of furan rings is 1. The van der Waals surface area contributed by atoms with E-state index in [9.17, 15) is 4.79 Å². The summed E-state index contributed by atoms with van der Waals surface area (Å²) >= 11 is 0. The van der Waals surface area contributed by atoms with Gasteiger partial charge in [0, 0.05) is 5.39 Å². The van der Waals surface area contributed by atoms with Gasteiger partial charge in [0.05, 0.1) is 18.4 Å². The van der Waals surface area contributed by atoms with Crippen LogP contribution in [0.1, 0.15) is 12.5 Å². The van der Waals surface area contributed by atoms with E-state index in [1.165, 1.54) is 0 Å². The minimum absolute atomic E-state index is 0.353. The maximum Gasteiger partial charge on any atom is 0.338 e. The molecule has 1 aromatic carbocycles. The van der Waals surface area contributed by atoms with Crippen LogP contribution in [0.2, 0.25) is 0 Å². The summed E-state index contributed by atoms with van der Waals surface area (Å²) in [4.78, 5) is 11.5. The minimum atomic E-state index is -0.384. The normalized spacial score (nSPS) is 10.3. The van der Waals surface area contributed by atoms with Gasteiger partial charge in [-0.15, -0.1) is 0 Å². The molecule has 0 saturated heterocycles. The van der Waals surface area contributed by atoms with E-state index in [2.05, 4.69) is 6.58 Å². The Balaban J connectivity index is 2.32. The van der Waals surface area contributed by atoms with Gasteiger partial charge in [-0.05, 0) is 30.7 Å². The van der Waals surface area contributed by atoms with E-state index in [0.717, 1.165) is 16.5 Å². The Morgan fingerprint density at radius 2 is 2.25 bits per heavy atom. The molecule has 82 valence electrons. The summed E-state index contributed by atoms with van der Waals surface area (Å²) in [6, 6.07) is 7.31. The molecule has 1 aromatic heterocycles. The van der Waals surface area contributed by atoms with E-state index < -0.39 is 0 Å². The van der Waals surface area contributed by atoms with Crippen molar-refractivity contribution in [2.24, 2.45) is 0 Å². The summed E-state index contributed by atoms with van der Waals surface area (Å²) < 4.78 is 10.1. The second-order valence-electron chi connectivity index (χ2n) is 3.37. The predicted molar refractivity (Wildman–Crippen MR) is 61.9 cm³/mol. The lowest BCUT2D eigenvalue weighted by atomic mass is 10.1. The number of carbonyl (C=O) groups is 1. The molecule has 0 aliphatic carbocycles. The Bertz CT molecular complexity index is 537. The van der Waals surface area contributed by atoms with E-state index in [-0.39, 0.29) is 5.97 Å². The van der Waals surface area contributed by atoms with Crippen LogP contribution < -0.4 is 0 Å².